The molecule has 1 aromatic rings. The summed E-state index contributed by atoms with van der Waals surface area (Å²) < 4.78 is 0. The van der Waals surface area contributed by atoms with E-state index in [0.29, 0.717) is 11.5 Å². The van der Waals surface area contributed by atoms with Gasteiger partial charge in [0.05, 0.1) is 0 Å². The molecule has 114 valence electrons. The Kier molecular flexibility index (Phi) is 3.33. The Labute approximate surface area is 128 Å². The van der Waals surface area contributed by atoms with Crippen LogP contribution in [0.2, 0.25) is 0 Å². The Bertz CT molecular complexity index is 470. The zero-order valence-electron chi connectivity index (χ0n) is 13.4. The minimum Gasteiger partial charge on any atom is -0.316 e. The Balaban J connectivity index is 1.56. The molecular formula is C19H28N2. The maximum Gasteiger partial charge on any atom is 0.0419 e. The van der Waals surface area contributed by atoms with Crippen LogP contribution in [0, 0.1) is 30.1 Å². The number of rotatable bonds is 4. The van der Waals surface area contributed by atoms with Crippen LogP contribution >= 0.6 is 0 Å². The molecule has 21 heavy (non-hydrogen) atoms. The third-order valence-electron chi connectivity index (χ3n) is 6.56. The second-order valence-electron chi connectivity index (χ2n) is 8.15. The van der Waals surface area contributed by atoms with Crippen LogP contribution in [-0.4, -0.2) is 18.1 Å². The average molecular weight is 284 g/mol. The zero-order valence-corrected chi connectivity index (χ0v) is 13.4. The molecule has 2 nitrogen and oxygen atoms in total. The first-order chi connectivity index (χ1) is 10.2. The number of pyridine rings is 1. The van der Waals surface area contributed by atoms with Crippen molar-refractivity contribution in [3.8, 4) is 0 Å². The first kappa shape index (κ1) is 13.8. The van der Waals surface area contributed by atoms with Crippen LogP contribution in [0.15, 0.2) is 18.3 Å². The molecule has 0 spiro atoms. The fraction of sp³-hybridized carbons (Fsp3) is 0.737. The molecule has 4 aliphatic carbocycles. The highest BCUT2D eigenvalue weighted by Gasteiger charge is 2.53. The SMILES string of the molecule is CNC(Cc1ccc(C)cn1)C12CC3CC(CC(C3)C1)C2. The molecule has 1 heterocycles. The number of aryl methyl sites for hydroxylation is 1. The van der Waals surface area contributed by atoms with Crippen LogP contribution in [0.4, 0.5) is 0 Å². The third-order valence-corrected chi connectivity index (χ3v) is 6.56. The Hall–Kier alpha value is -0.890. The summed E-state index contributed by atoms with van der Waals surface area (Å²) in [5.41, 5.74) is 3.08. The van der Waals surface area contributed by atoms with Gasteiger partial charge in [-0.1, -0.05) is 6.07 Å². The zero-order chi connectivity index (χ0) is 14.4. The standard InChI is InChI=1S/C19H28N2/c1-13-3-4-17(21-12-13)8-18(20-2)19-9-14-5-15(10-19)7-16(6-14)11-19/h3-4,12,14-16,18,20H,5-11H2,1-2H3. The van der Waals surface area contributed by atoms with Crippen molar-refractivity contribution in [3.05, 3.63) is 29.6 Å². The maximum atomic E-state index is 4.65. The van der Waals surface area contributed by atoms with E-state index < -0.39 is 0 Å². The minimum atomic E-state index is 0.566. The van der Waals surface area contributed by atoms with E-state index >= 15 is 0 Å². The normalized spacial score (nSPS) is 38.7. The predicted molar refractivity (Wildman–Crippen MR) is 86.1 cm³/mol. The van der Waals surface area contributed by atoms with E-state index in [1.165, 1.54) is 49.8 Å². The smallest absolute Gasteiger partial charge is 0.0419 e. The summed E-state index contributed by atoms with van der Waals surface area (Å²) >= 11 is 0. The Morgan fingerprint density at radius 1 is 1.14 bits per heavy atom. The molecule has 4 fully saturated rings. The summed E-state index contributed by atoms with van der Waals surface area (Å²) in [6.45, 7) is 2.12. The number of nitrogens with zero attached hydrogens (tertiary/aromatic N) is 1. The number of likely N-dealkylation sites (N-methyl/N-ethyl adjacent to an activating group) is 1. The molecule has 4 bridgehead atoms. The molecule has 0 aromatic carbocycles. The van der Waals surface area contributed by atoms with E-state index in [9.17, 15) is 0 Å². The second-order valence-corrected chi connectivity index (χ2v) is 8.15. The molecule has 1 unspecified atom stereocenters. The molecule has 1 atom stereocenters. The number of hydrogen-bond donors (Lipinski definition) is 1. The molecule has 1 aromatic heterocycles. The van der Waals surface area contributed by atoms with Gasteiger partial charge in [-0.05, 0) is 87.3 Å². The number of aromatic nitrogens is 1. The first-order valence-electron chi connectivity index (χ1n) is 8.76. The highest BCUT2D eigenvalue weighted by molar-refractivity contribution is 5.15. The van der Waals surface area contributed by atoms with Crippen LogP contribution in [0.1, 0.15) is 49.8 Å². The van der Waals surface area contributed by atoms with Gasteiger partial charge in [-0.25, -0.2) is 0 Å². The molecule has 4 saturated carbocycles. The number of hydrogen-bond acceptors (Lipinski definition) is 2. The van der Waals surface area contributed by atoms with Gasteiger partial charge in [0.25, 0.3) is 0 Å². The van der Waals surface area contributed by atoms with Gasteiger partial charge < -0.3 is 5.32 Å². The molecule has 2 heteroatoms. The summed E-state index contributed by atoms with van der Waals surface area (Å²) in [6.07, 6.45) is 12.1. The Morgan fingerprint density at radius 2 is 1.76 bits per heavy atom. The summed E-state index contributed by atoms with van der Waals surface area (Å²) in [5.74, 6) is 3.08. The molecule has 4 aliphatic rings. The molecule has 0 amide bonds. The van der Waals surface area contributed by atoms with E-state index in [1.807, 2.05) is 6.20 Å². The summed E-state index contributed by atoms with van der Waals surface area (Å²) in [4.78, 5) is 4.65. The van der Waals surface area contributed by atoms with Gasteiger partial charge in [-0.3, -0.25) is 4.98 Å². The topological polar surface area (TPSA) is 24.9 Å². The summed E-state index contributed by atoms with van der Waals surface area (Å²) in [7, 11) is 2.16. The Morgan fingerprint density at radius 3 is 2.24 bits per heavy atom. The molecule has 0 saturated heterocycles. The molecule has 5 rings (SSSR count). The van der Waals surface area contributed by atoms with Gasteiger partial charge in [0, 0.05) is 24.4 Å². The fourth-order valence-corrected chi connectivity index (χ4v) is 6.06. The third kappa shape index (κ3) is 2.42. The monoisotopic (exact) mass is 284 g/mol. The quantitative estimate of drug-likeness (QED) is 0.911. The lowest BCUT2D eigenvalue weighted by atomic mass is 9.47. The van der Waals surface area contributed by atoms with Crippen LogP contribution < -0.4 is 5.32 Å². The van der Waals surface area contributed by atoms with Crippen LogP contribution in [0.25, 0.3) is 0 Å². The largest absolute Gasteiger partial charge is 0.316 e. The van der Waals surface area contributed by atoms with Gasteiger partial charge >= 0.3 is 0 Å². The molecular weight excluding hydrogens is 256 g/mol. The molecule has 0 aliphatic heterocycles. The van der Waals surface area contributed by atoms with Crippen molar-refractivity contribution >= 4 is 0 Å². The molecule has 0 radical (unpaired) electrons. The highest BCUT2D eigenvalue weighted by atomic mass is 14.9. The van der Waals surface area contributed by atoms with Gasteiger partial charge in [0.15, 0.2) is 0 Å². The van der Waals surface area contributed by atoms with Crippen molar-refractivity contribution in [2.45, 2.75) is 57.9 Å². The fourth-order valence-electron chi connectivity index (χ4n) is 6.06. The minimum absolute atomic E-state index is 0.566. The van der Waals surface area contributed by atoms with E-state index in [1.54, 1.807) is 0 Å². The first-order valence-corrected chi connectivity index (χ1v) is 8.76. The van der Waals surface area contributed by atoms with Crippen LogP contribution in [0.3, 0.4) is 0 Å². The van der Waals surface area contributed by atoms with Crippen molar-refractivity contribution < 1.29 is 0 Å². The highest BCUT2D eigenvalue weighted by Crippen LogP contribution is 2.61. The lowest BCUT2D eigenvalue weighted by Crippen LogP contribution is -2.56. The van der Waals surface area contributed by atoms with Gasteiger partial charge in [-0.2, -0.15) is 0 Å². The lowest BCUT2D eigenvalue weighted by molar-refractivity contribution is -0.0725. The van der Waals surface area contributed by atoms with Crippen LogP contribution in [0.5, 0.6) is 0 Å². The van der Waals surface area contributed by atoms with Gasteiger partial charge in [0.1, 0.15) is 0 Å². The van der Waals surface area contributed by atoms with E-state index in [-0.39, 0.29) is 0 Å². The summed E-state index contributed by atoms with van der Waals surface area (Å²) in [6, 6.07) is 5.04. The average Bonchev–Trinajstić information content (AvgIpc) is 2.45. The van der Waals surface area contributed by atoms with Crippen molar-refractivity contribution in [1.82, 2.24) is 10.3 Å². The van der Waals surface area contributed by atoms with Crippen molar-refractivity contribution in [2.75, 3.05) is 7.05 Å². The van der Waals surface area contributed by atoms with Crippen molar-refractivity contribution in [3.63, 3.8) is 0 Å². The van der Waals surface area contributed by atoms with E-state index in [2.05, 4.69) is 36.4 Å². The van der Waals surface area contributed by atoms with Crippen molar-refractivity contribution in [1.29, 1.82) is 0 Å². The summed E-state index contributed by atoms with van der Waals surface area (Å²) in [5, 5.41) is 3.68. The van der Waals surface area contributed by atoms with E-state index in [0.717, 1.165) is 24.2 Å². The predicted octanol–water partition coefficient (Wildman–Crippen LogP) is 3.74. The molecule has 1 N–H and O–H groups in total. The van der Waals surface area contributed by atoms with E-state index in [4.69, 9.17) is 0 Å². The van der Waals surface area contributed by atoms with Crippen molar-refractivity contribution in [2.24, 2.45) is 23.2 Å². The van der Waals surface area contributed by atoms with Gasteiger partial charge in [0.2, 0.25) is 0 Å². The second kappa shape index (κ2) is 5.08. The maximum absolute atomic E-state index is 4.65. The van der Waals surface area contributed by atoms with Gasteiger partial charge in [-0.15, -0.1) is 0 Å². The number of nitrogens with one attached hydrogen (secondary N) is 1. The lowest BCUT2D eigenvalue weighted by Gasteiger charge is -2.59. The van der Waals surface area contributed by atoms with Crippen LogP contribution in [-0.2, 0) is 6.42 Å².